The lowest BCUT2D eigenvalue weighted by atomic mass is 10.2. The summed E-state index contributed by atoms with van der Waals surface area (Å²) in [5.41, 5.74) is 5.03. The SMILES string of the molecule is Cc1ccc(CSCC(=O)N/N=C\c2ccccc2[N+](=O)[O-])cc1. The summed E-state index contributed by atoms with van der Waals surface area (Å²) in [5.74, 6) is 0.755. The summed E-state index contributed by atoms with van der Waals surface area (Å²) in [6.07, 6.45) is 1.28. The molecule has 0 aromatic heterocycles. The standard InChI is InChI=1S/C17H17N3O3S/c1-13-6-8-14(9-7-13)11-24-12-17(21)19-18-10-15-4-2-3-5-16(15)20(22)23/h2-10H,11-12H2,1H3,(H,19,21)/b18-10-. The van der Waals surface area contributed by atoms with Crippen molar-refractivity contribution >= 4 is 29.6 Å². The largest absolute Gasteiger partial charge is 0.278 e. The van der Waals surface area contributed by atoms with Crippen LogP contribution in [0.25, 0.3) is 0 Å². The number of nitrogens with zero attached hydrogens (tertiary/aromatic N) is 2. The van der Waals surface area contributed by atoms with Crippen LogP contribution in [0.1, 0.15) is 16.7 Å². The Labute approximate surface area is 144 Å². The van der Waals surface area contributed by atoms with Crippen molar-refractivity contribution in [3.63, 3.8) is 0 Å². The molecule has 2 rings (SSSR count). The monoisotopic (exact) mass is 343 g/mol. The van der Waals surface area contributed by atoms with E-state index in [1.807, 2.05) is 31.2 Å². The summed E-state index contributed by atoms with van der Waals surface area (Å²) in [6.45, 7) is 2.03. The number of carbonyl (C=O) groups excluding carboxylic acids is 1. The predicted octanol–water partition coefficient (Wildman–Crippen LogP) is 3.29. The van der Waals surface area contributed by atoms with Crippen molar-refractivity contribution in [3.8, 4) is 0 Å². The summed E-state index contributed by atoms with van der Waals surface area (Å²) in [4.78, 5) is 22.1. The zero-order valence-electron chi connectivity index (χ0n) is 13.1. The molecule has 0 aliphatic carbocycles. The van der Waals surface area contributed by atoms with Gasteiger partial charge in [-0.3, -0.25) is 14.9 Å². The van der Waals surface area contributed by atoms with Gasteiger partial charge in [-0.25, -0.2) is 5.43 Å². The Morgan fingerprint density at radius 2 is 1.96 bits per heavy atom. The summed E-state index contributed by atoms with van der Waals surface area (Å²) in [5, 5.41) is 14.6. The third-order valence-corrected chi connectivity index (χ3v) is 4.15. The zero-order valence-corrected chi connectivity index (χ0v) is 14.0. The first-order valence-corrected chi connectivity index (χ1v) is 8.40. The van der Waals surface area contributed by atoms with E-state index in [0.29, 0.717) is 5.56 Å². The van der Waals surface area contributed by atoms with Crippen molar-refractivity contribution in [1.29, 1.82) is 0 Å². The van der Waals surface area contributed by atoms with Crippen molar-refractivity contribution in [1.82, 2.24) is 5.43 Å². The second-order valence-corrected chi connectivity index (χ2v) is 6.07. The Hall–Kier alpha value is -2.67. The third-order valence-electron chi connectivity index (χ3n) is 3.15. The zero-order chi connectivity index (χ0) is 17.4. The highest BCUT2D eigenvalue weighted by Crippen LogP contribution is 2.15. The minimum atomic E-state index is -0.486. The molecular formula is C17H17N3O3S. The molecule has 0 aliphatic heterocycles. The van der Waals surface area contributed by atoms with Crippen LogP contribution >= 0.6 is 11.8 Å². The van der Waals surface area contributed by atoms with Gasteiger partial charge in [-0.1, -0.05) is 42.0 Å². The lowest BCUT2D eigenvalue weighted by molar-refractivity contribution is -0.385. The normalized spacial score (nSPS) is 10.7. The maximum absolute atomic E-state index is 11.7. The quantitative estimate of drug-likeness (QED) is 0.475. The molecule has 0 spiro atoms. The average molecular weight is 343 g/mol. The van der Waals surface area contributed by atoms with Gasteiger partial charge in [-0.05, 0) is 18.6 Å². The predicted molar refractivity (Wildman–Crippen MR) is 96.2 cm³/mol. The molecular weight excluding hydrogens is 326 g/mol. The maximum atomic E-state index is 11.7. The number of aryl methyl sites for hydroxylation is 1. The van der Waals surface area contributed by atoms with E-state index in [-0.39, 0.29) is 17.3 Å². The van der Waals surface area contributed by atoms with Crippen molar-refractivity contribution < 1.29 is 9.72 Å². The van der Waals surface area contributed by atoms with E-state index in [1.54, 1.807) is 18.2 Å². The number of nitro groups is 1. The van der Waals surface area contributed by atoms with Crippen LogP contribution in [-0.2, 0) is 10.5 Å². The maximum Gasteiger partial charge on any atom is 0.278 e. The van der Waals surface area contributed by atoms with Gasteiger partial charge in [0, 0.05) is 11.8 Å². The molecule has 124 valence electrons. The van der Waals surface area contributed by atoms with Crippen molar-refractivity contribution in [2.75, 3.05) is 5.75 Å². The second kappa shape index (κ2) is 8.83. The Kier molecular flexibility index (Phi) is 6.51. The van der Waals surface area contributed by atoms with Crippen LogP contribution < -0.4 is 5.43 Å². The number of hydrogen-bond donors (Lipinski definition) is 1. The highest BCUT2D eigenvalue weighted by molar-refractivity contribution is 7.99. The molecule has 0 radical (unpaired) electrons. The molecule has 0 atom stereocenters. The first-order valence-electron chi connectivity index (χ1n) is 7.25. The van der Waals surface area contributed by atoms with Gasteiger partial charge < -0.3 is 0 Å². The number of thioether (sulfide) groups is 1. The summed E-state index contributed by atoms with van der Waals surface area (Å²) < 4.78 is 0. The number of benzene rings is 2. The molecule has 1 N–H and O–H groups in total. The number of amides is 1. The molecule has 0 aliphatic rings. The first-order chi connectivity index (χ1) is 11.6. The molecule has 0 unspecified atom stereocenters. The number of carbonyl (C=O) groups is 1. The molecule has 2 aromatic rings. The van der Waals surface area contributed by atoms with Gasteiger partial charge in [-0.2, -0.15) is 5.10 Å². The fraction of sp³-hybridized carbons (Fsp3) is 0.176. The number of nitro benzene ring substituents is 1. The average Bonchev–Trinajstić information content (AvgIpc) is 2.57. The molecule has 0 saturated carbocycles. The first kappa shape index (κ1) is 17.7. The van der Waals surface area contributed by atoms with Crippen molar-refractivity contribution in [2.45, 2.75) is 12.7 Å². The minimum Gasteiger partial charge on any atom is -0.272 e. The Morgan fingerprint density at radius 3 is 2.67 bits per heavy atom. The number of nitrogens with one attached hydrogen (secondary N) is 1. The van der Waals surface area contributed by atoms with E-state index in [1.165, 1.54) is 29.6 Å². The van der Waals surface area contributed by atoms with Crippen LogP contribution in [-0.4, -0.2) is 22.8 Å². The van der Waals surface area contributed by atoms with Crippen LogP contribution in [0.15, 0.2) is 53.6 Å². The van der Waals surface area contributed by atoms with E-state index in [2.05, 4.69) is 10.5 Å². The number of hydrogen-bond acceptors (Lipinski definition) is 5. The highest BCUT2D eigenvalue weighted by Gasteiger charge is 2.10. The Balaban J connectivity index is 1.79. The van der Waals surface area contributed by atoms with Crippen molar-refractivity contribution in [2.24, 2.45) is 5.10 Å². The van der Waals surface area contributed by atoms with E-state index >= 15 is 0 Å². The highest BCUT2D eigenvalue weighted by atomic mass is 32.2. The van der Waals surface area contributed by atoms with E-state index in [0.717, 1.165) is 11.3 Å². The lowest BCUT2D eigenvalue weighted by Crippen LogP contribution is -2.19. The van der Waals surface area contributed by atoms with E-state index in [4.69, 9.17) is 0 Å². The van der Waals surface area contributed by atoms with Crippen LogP contribution in [0.3, 0.4) is 0 Å². The summed E-state index contributed by atoms with van der Waals surface area (Å²) in [6, 6.07) is 14.4. The topological polar surface area (TPSA) is 84.6 Å². The van der Waals surface area contributed by atoms with Gasteiger partial charge in [0.2, 0.25) is 5.91 Å². The van der Waals surface area contributed by atoms with Gasteiger partial charge in [0.1, 0.15) is 0 Å². The number of para-hydroxylation sites is 1. The fourth-order valence-electron chi connectivity index (χ4n) is 1.91. The number of hydrazone groups is 1. The molecule has 0 fully saturated rings. The van der Waals surface area contributed by atoms with Crippen LogP contribution in [0.2, 0.25) is 0 Å². The van der Waals surface area contributed by atoms with Gasteiger partial charge in [-0.15, -0.1) is 11.8 Å². The molecule has 6 nitrogen and oxygen atoms in total. The number of rotatable bonds is 7. The fourth-order valence-corrected chi connectivity index (χ4v) is 2.70. The molecule has 2 aromatic carbocycles. The van der Waals surface area contributed by atoms with Crippen molar-refractivity contribution in [3.05, 3.63) is 75.3 Å². The molecule has 1 amide bonds. The summed E-state index contributed by atoms with van der Waals surface area (Å²) >= 11 is 1.48. The van der Waals surface area contributed by atoms with Gasteiger partial charge in [0.15, 0.2) is 0 Å². The smallest absolute Gasteiger partial charge is 0.272 e. The molecule has 0 bridgehead atoms. The van der Waals surface area contributed by atoms with Gasteiger partial charge >= 0.3 is 0 Å². The van der Waals surface area contributed by atoms with Gasteiger partial charge in [0.05, 0.1) is 22.5 Å². The Bertz CT molecular complexity index is 745. The van der Waals surface area contributed by atoms with Gasteiger partial charge in [0.25, 0.3) is 5.69 Å². The molecule has 24 heavy (non-hydrogen) atoms. The lowest BCUT2D eigenvalue weighted by Gasteiger charge is -2.02. The van der Waals surface area contributed by atoms with E-state index in [9.17, 15) is 14.9 Å². The minimum absolute atomic E-state index is 0.0516. The van der Waals surface area contributed by atoms with E-state index < -0.39 is 4.92 Å². The molecule has 7 heteroatoms. The second-order valence-electron chi connectivity index (χ2n) is 5.09. The molecule has 0 saturated heterocycles. The van der Waals surface area contributed by atoms with Crippen LogP contribution in [0, 0.1) is 17.0 Å². The molecule has 0 heterocycles. The third kappa shape index (κ3) is 5.51. The Morgan fingerprint density at radius 1 is 1.25 bits per heavy atom. The van der Waals surface area contributed by atoms with Crippen LogP contribution in [0.4, 0.5) is 5.69 Å². The van der Waals surface area contributed by atoms with Crippen LogP contribution in [0.5, 0.6) is 0 Å². The summed E-state index contributed by atoms with van der Waals surface area (Å²) in [7, 11) is 0.